The minimum Gasteiger partial charge on any atom is -0.356 e. The average molecular weight is 262 g/mol. The molecule has 0 aromatic heterocycles. The lowest BCUT2D eigenvalue weighted by Crippen LogP contribution is -2.39. The Bertz CT molecular complexity index is 327. The van der Waals surface area contributed by atoms with Crippen LogP contribution in [-0.2, 0) is 14.6 Å². The smallest absolute Gasteiger partial charge is 0.221 e. The van der Waals surface area contributed by atoms with Gasteiger partial charge in [-0.25, -0.2) is 8.42 Å². The number of sulfone groups is 1. The maximum atomic E-state index is 11.3. The third kappa shape index (κ3) is 6.02. The number of carbonyl (C=O) groups excluding carboxylic acids is 1. The second kappa shape index (κ2) is 6.96. The summed E-state index contributed by atoms with van der Waals surface area (Å²) in [5.74, 6) is 0.599. The molecule has 1 fully saturated rings. The van der Waals surface area contributed by atoms with Crippen molar-refractivity contribution in [3.8, 4) is 0 Å². The molecule has 0 aromatic rings. The highest BCUT2D eigenvalue weighted by Gasteiger charge is 2.22. The Morgan fingerprint density at radius 3 is 2.47 bits per heavy atom. The molecular formula is C11H22N2O3S. The molecule has 0 bridgehead atoms. The Labute approximate surface area is 103 Å². The first-order valence-electron chi connectivity index (χ1n) is 6.24. The maximum Gasteiger partial charge on any atom is 0.221 e. The largest absolute Gasteiger partial charge is 0.356 e. The van der Waals surface area contributed by atoms with Gasteiger partial charge in [-0.2, -0.15) is 0 Å². The number of hydrogen-bond donors (Lipinski definition) is 2. The normalized spacial score (nSPS) is 20.1. The minimum absolute atomic E-state index is 0.0581. The summed E-state index contributed by atoms with van der Waals surface area (Å²) in [6.45, 7) is 3.36. The highest BCUT2D eigenvalue weighted by molar-refractivity contribution is 7.91. The number of rotatable bonds is 6. The third-order valence-electron chi connectivity index (χ3n) is 2.91. The van der Waals surface area contributed by atoms with Crippen molar-refractivity contribution in [1.82, 2.24) is 10.6 Å². The van der Waals surface area contributed by atoms with Gasteiger partial charge in [0, 0.05) is 25.6 Å². The second-order valence-electron chi connectivity index (χ2n) is 4.48. The van der Waals surface area contributed by atoms with Crippen molar-refractivity contribution in [2.45, 2.75) is 38.6 Å². The van der Waals surface area contributed by atoms with Gasteiger partial charge in [0.15, 0.2) is 0 Å². The van der Waals surface area contributed by atoms with E-state index in [0.717, 1.165) is 13.0 Å². The highest BCUT2D eigenvalue weighted by atomic mass is 32.2. The Balaban J connectivity index is 2.10. The SMILES string of the molecule is CCCNC(=O)CCNC1CCS(=O)(=O)CC1. The van der Waals surface area contributed by atoms with Crippen molar-refractivity contribution in [2.75, 3.05) is 24.6 Å². The van der Waals surface area contributed by atoms with E-state index in [0.29, 0.717) is 25.8 Å². The van der Waals surface area contributed by atoms with Crippen LogP contribution in [0.25, 0.3) is 0 Å². The lowest BCUT2D eigenvalue weighted by molar-refractivity contribution is -0.121. The zero-order chi connectivity index (χ0) is 12.7. The van der Waals surface area contributed by atoms with E-state index in [9.17, 15) is 13.2 Å². The van der Waals surface area contributed by atoms with Crippen molar-refractivity contribution in [1.29, 1.82) is 0 Å². The molecule has 6 heteroatoms. The summed E-state index contributed by atoms with van der Waals surface area (Å²) >= 11 is 0. The molecule has 0 unspecified atom stereocenters. The first kappa shape index (κ1) is 14.4. The number of amides is 1. The maximum absolute atomic E-state index is 11.3. The molecule has 0 spiro atoms. The predicted molar refractivity (Wildman–Crippen MR) is 67.6 cm³/mol. The van der Waals surface area contributed by atoms with Gasteiger partial charge in [-0.05, 0) is 19.3 Å². The predicted octanol–water partition coefficient (Wildman–Crippen LogP) is 0.0695. The molecule has 1 heterocycles. The molecule has 17 heavy (non-hydrogen) atoms. The van der Waals surface area contributed by atoms with Crippen molar-refractivity contribution in [2.24, 2.45) is 0 Å². The summed E-state index contributed by atoms with van der Waals surface area (Å²) in [5, 5.41) is 6.05. The number of carbonyl (C=O) groups is 1. The summed E-state index contributed by atoms with van der Waals surface area (Å²) in [7, 11) is -2.79. The number of hydrogen-bond acceptors (Lipinski definition) is 4. The van der Waals surface area contributed by atoms with Crippen LogP contribution in [0, 0.1) is 0 Å². The summed E-state index contributed by atoms with van der Waals surface area (Å²) in [5.41, 5.74) is 0. The average Bonchev–Trinajstić information content (AvgIpc) is 2.29. The highest BCUT2D eigenvalue weighted by Crippen LogP contribution is 2.11. The van der Waals surface area contributed by atoms with Crippen LogP contribution in [0.3, 0.4) is 0 Å². The van der Waals surface area contributed by atoms with Crippen molar-refractivity contribution >= 4 is 15.7 Å². The van der Waals surface area contributed by atoms with Crippen LogP contribution < -0.4 is 10.6 Å². The quantitative estimate of drug-likeness (QED) is 0.710. The van der Waals surface area contributed by atoms with Crippen LogP contribution in [-0.4, -0.2) is 45.0 Å². The van der Waals surface area contributed by atoms with Gasteiger partial charge in [-0.15, -0.1) is 0 Å². The van der Waals surface area contributed by atoms with Gasteiger partial charge in [-0.1, -0.05) is 6.92 Å². The zero-order valence-electron chi connectivity index (χ0n) is 10.4. The topological polar surface area (TPSA) is 75.3 Å². The molecule has 0 saturated carbocycles. The summed E-state index contributed by atoms with van der Waals surface area (Å²) < 4.78 is 22.4. The van der Waals surface area contributed by atoms with Crippen molar-refractivity contribution in [3.63, 3.8) is 0 Å². The van der Waals surface area contributed by atoms with Crippen LogP contribution in [0.15, 0.2) is 0 Å². The van der Waals surface area contributed by atoms with Crippen LogP contribution in [0.2, 0.25) is 0 Å². The molecule has 0 aliphatic carbocycles. The molecule has 100 valence electrons. The molecule has 0 radical (unpaired) electrons. The molecule has 1 aliphatic rings. The molecule has 1 amide bonds. The first-order chi connectivity index (χ1) is 8.03. The molecule has 1 rings (SSSR count). The van der Waals surface area contributed by atoms with E-state index >= 15 is 0 Å². The Kier molecular flexibility index (Phi) is 5.91. The van der Waals surface area contributed by atoms with E-state index in [1.807, 2.05) is 6.92 Å². The fraction of sp³-hybridized carbons (Fsp3) is 0.909. The van der Waals surface area contributed by atoms with Gasteiger partial charge in [0.05, 0.1) is 11.5 Å². The molecule has 1 aliphatic heterocycles. The zero-order valence-corrected chi connectivity index (χ0v) is 11.2. The monoisotopic (exact) mass is 262 g/mol. The molecule has 2 N–H and O–H groups in total. The van der Waals surface area contributed by atoms with Gasteiger partial charge >= 0.3 is 0 Å². The van der Waals surface area contributed by atoms with E-state index in [4.69, 9.17) is 0 Å². The molecule has 1 saturated heterocycles. The summed E-state index contributed by atoms with van der Waals surface area (Å²) in [4.78, 5) is 11.3. The molecule has 0 aromatic carbocycles. The van der Waals surface area contributed by atoms with E-state index in [1.165, 1.54) is 0 Å². The Morgan fingerprint density at radius 1 is 1.24 bits per heavy atom. The number of nitrogens with one attached hydrogen (secondary N) is 2. The fourth-order valence-electron chi connectivity index (χ4n) is 1.84. The van der Waals surface area contributed by atoms with Gasteiger partial charge in [0.2, 0.25) is 5.91 Å². The van der Waals surface area contributed by atoms with Gasteiger partial charge < -0.3 is 10.6 Å². The molecule has 5 nitrogen and oxygen atoms in total. The van der Waals surface area contributed by atoms with Crippen LogP contribution in [0.4, 0.5) is 0 Å². The van der Waals surface area contributed by atoms with E-state index < -0.39 is 9.84 Å². The first-order valence-corrected chi connectivity index (χ1v) is 8.06. The lowest BCUT2D eigenvalue weighted by atomic mass is 10.1. The summed E-state index contributed by atoms with van der Waals surface area (Å²) in [6.07, 6.45) is 2.74. The Morgan fingerprint density at radius 2 is 1.88 bits per heavy atom. The van der Waals surface area contributed by atoms with Crippen LogP contribution >= 0.6 is 0 Å². The van der Waals surface area contributed by atoms with Crippen LogP contribution in [0.1, 0.15) is 32.6 Å². The van der Waals surface area contributed by atoms with Crippen molar-refractivity contribution in [3.05, 3.63) is 0 Å². The van der Waals surface area contributed by atoms with Crippen LogP contribution in [0.5, 0.6) is 0 Å². The fourth-order valence-corrected chi connectivity index (χ4v) is 3.33. The third-order valence-corrected chi connectivity index (χ3v) is 4.63. The molecule has 0 atom stereocenters. The van der Waals surface area contributed by atoms with Crippen molar-refractivity contribution < 1.29 is 13.2 Å². The lowest BCUT2D eigenvalue weighted by Gasteiger charge is -2.22. The van der Waals surface area contributed by atoms with Gasteiger partial charge in [0.1, 0.15) is 9.84 Å². The summed E-state index contributed by atoms with van der Waals surface area (Å²) in [6, 6.07) is 0.248. The van der Waals surface area contributed by atoms with E-state index in [-0.39, 0.29) is 23.5 Å². The standard InChI is InChI=1S/C11H22N2O3S/c1-2-6-13-11(14)3-7-12-10-4-8-17(15,16)9-5-10/h10,12H,2-9H2,1H3,(H,13,14). The van der Waals surface area contributed by atoms with E-state index in [2.05, 4.69) is 10.6 Å². The Hall–Kier alpha value is -0.620. The second-order valence-corrected chi connectivity index (χ2v) is 6.78. The van der Waals surface area contributed by atoms with Gasteiger partial charge in [-0.3, -0.25) is 4.79 Å². The molecular weight excluding hydrogens is 240 g/mol. The minimum atomic E-state index is -2.79. The van der Waals surface area contributed by atoms with Gasteiger partial charge in [0.25, 0.3) is 0 Å². The van der Waals surface area contributed by atoms with E-state index in [1.54, 1.807) is 0 Å².